The van der Waals surface area contributed by atoms with Gasteiger partial charge in [0.25, 0.3) is 0 Å². The molecule has 1 unspecified atom stereocenters. The van der Waals surface area contributed by atoms with Crippen LogP contribution in [0, 0.1) is 0 Å². The zero-order valence-electron chi connectivity index (χ0n) is 13.9. The van der Waals surface area contributed by atoms with Crippen LogP contribution in [0.4, 0.5) is 0 Å². The number of unbranched alkanes of at least 4 members (excludes halogenated alkanes) is 2. The second kappa shape index (κ2) is 8.47. The number of nitrogens with zero attached hydrogens (tertiary/aromatic N) is 2. The van der Waals surface area contributed by atoms with E-state index in [1.807, 2.05) is 25.2 Å². The first-order valence-electron chi connectivity index (χ1n) is 8.25. The molecule has 0 N–H and O–H groups in total. The van der Waals surface area contributed by atoms with Gasteiger partial charge >= 0.3 is 0 Å². The number of hydrogen-bond donors (Lipinski definition) is 0. The Morgan fingerprint density at radius 2 is 1.82 bits per heavy atom. The van der Waals surface area contributed by atoms with Gasteiger partial charge in [0.15, 0.2) is 0 Å². The Morgan fingerprint density at radius 1 is 1.05 bits per heavy atom. The molecule has 2 rings (SSSR count). The van der Waals surface area contributed by atoms with Crippen molar-refractivity contribution >= 4 is 5.71 Å². The molecule has 0 spiro atoms. The molecule has 0 aliphatic rings. The standard InChI is InChI=1S/C20H26N2/c1-4-5-7-11-16(2)18-14-10-15-19(22-18)20(21-3)17-12-8-6-9-13-17/h6,8-10,12-16H,4-5,7,11H2,1-3H3. The third-order valence-corrected chi connectivity index (χ3v) is 4.03. The first kappa shape index (κ1) is 16.4. The Kier molecular flexibility index (Phi) is 6.32. The Morgan fingerprint density at radius 3 is 2.50 bits per heavy atom. The topological polar surface area (TPSA) is 25.2 Å². The van der Waals surface area contributed by atoms with Crippen LogP contribution >= 0.6 is 0 Å². The van der Waals surface area contributed by atoms with E-state index in [1.54, 1.807) is 0 Å². The molecule has 1 heterocycles. The monoisotopic (exact) mass is 294 g/mol. The molecule has 1 aromatic heterocycles. The van der Waals surface area contributed by atoms with Gasteiger partial charge in [0.05, 0.1) is 11.4 Å². The Labute approximate surface area is 134 Å². The van der Waals surface area contributed by atoms with Crippen molar-refractivity contribution in [2.45, 2.75) is 45.4 Å². The predicted molar refractivity (Wildman–Crippen MR) is 94.8 cm³/mol. The summed E-state index contributed by atoms with van der Waals surface area (Å²) >= 11 is 0. The van der Waals surface area contributed by atoms with Crippen molar-refractivity contribution in [3.63, 3.8) is 0 Å². The van der Waals surface area contributed by atoms with Crippen molar-refractivity contribution in [2.75, 3.05) is 7.05 Å². The molecule has 2 heteroatoms. The van der Waals surface area contributed by atoms with Gasteiger partial charge < -0.3 is 0 Å². The lowest BCUT2D eigenvalue weighted by molar-refractivity contribution is 0.588. The first-order valence-corrected chi connectivity index (χ1v) is 8.25. The highest BCUT2D eigenvalue weighted by Gasteiger charge is 2.11. The Bertz CT molecular complexity index is 602. The summed E-state index contributed by atoms with van der Waals surface area (Å²) in [6, 6.07) is 16.6. The summed E-state index contributed by atoms with van der Waals surface area (Å²) in [5.74, 6) is 0.500. The van der Waals surface area contributed by atoms with Gasteiger partial charge in [-0.05, 0) is 24.5 Å². The molecular weight excluding hydrogens is 268 g/mol. The summed E-state index contributed by atoms with van der Waals surface area (Å²) in [5, 5.41) is 0. The van der Waals surface area contributed by atoms with Crippen molar-refractivity contribution in [1.29, 1.82) is 0 Å². The van der Waals surface area contributed by atoms with Gasteiger partial charge in [-0.2, -0.15) is 0 Å². The molecule has 0 amide bonds. The van der Waals surface area contributed by atoms with Gasteiger partial charge in [-0.25, -0.2) is 0 Å². The van der Waals surface area contributed by atoms with Gasteiger partial charge in [-0.1, -0.05) is 69.5 Å². The van der Waals surface area contributed by atoms with E-state index < -0.39 is 0 Å². The van der Waals surface area contributed by atoms with Crippen LogP contribution < -0.4 is 0 Å². The molecule has 2 aromatic rings. The maximum Gasteiger partial charge on any atom is 0.0899 e. The van der Waals surface area contributed by atoms with Gasteiger partial charge in [0, 0.05) is 18.3 Å². The summed E-state index contributed by atoms with van der Waals surface area (Å²) < 4.78 is 0. The minimum absolute atomic E-state index is 0.500. The quantitative estimate of drug-likeness (QED) is 0.507. The van der Waals surface area contributed by atoms with E-state index in [9.17, 15) is 0 Å². The largest absolute Gasteiger partial charge is 0.286 e. The summed E-state index contributed by atoms with van der Waals surface area (Å²) in [5.41, 5.74) is 4.22. The van der Waals surface area contributed by atoms with Crippen molar-refractivity contribution in [3.8, 4) is 0 Å². The van der Waals surface area contributed by atoms with Gasteiger partial charge in [-0.3, -0.25) is 9.98 Å². The fourth-order valence-electron chi connectivity index (χ4n) is 2.69. The van der Waals surface area contributed by atoms with E-state index in [-0.39, 0.29) is 0 Å². The molecule has 0 radical (unpaired) electrons. The molecule has 116 valence electrons. The maximum absolute atomic E-state index is 4.87. The van der Waals surface area contributed by atoms with Crippen molar-refractivity contribution in [3.05, 3.63) is 65.5 Å². The second-order valence-corrected chi connectivity index (χ2v) is 5.78. The first-order chi connectivity index (χ1) is 10.8. The predicted octanol–water partition coefficient (Wildman–Crippen LogP) is 5.23. The number of rotatable bonds is 7. The number of benzene rings is 1. The molecule has 2 nitrogen and oxygen atoms in total. The van der Waals surface area contributed by atoms with Crippen molar-refractivity contribution < 1.29 is 0 Å². The average Bonchev–Trinajstić information content (AvgIpc) is 2.57. The van der Waals surface area contributed by atoms with E-state index >= 15 is 0 Å². The number of aliphatic imine (C=N–C) groups is 1. The van der Waals surface area contributed by atoms with Crippen molar-refractivity contribution in [2.24, 2.45) is 4.99 Å². The highest BCUT2D eigenvalue weighted by molar-refractivity contribution is 6.11. The molecule has 0 saturated carbocycles. The Hall–Kier alpha value is -1.96. The SMILES string of the molecule is CCCCCC(C)c1cccc(C(=NC)c2ccccc2)n1. The zero-order chi connectivity index (χ0) is 15.8. The third-order valence-electron chi connectivity index (χ3n) is 4.03. The molecule has 0 aliphatic carbocycles. The van der Waals surface area contributed by atoms with E-state index in [0.717, 1.165) is 17.0 Å². The summed E-state index contributed by atoms with van der Waals surface area (Å²) in [4.78, 5) is 9.33. The smallest absolute Gasteiger partial charge is 0.0899 e. The third kappa shape index (κ3) is 4.27. The molecule has 0 saturated heterocycles. The van der Waals surface area contributed by atoms with Gasteiger partial charge in [0.1, 0.15) is 0 Å². The minimum Gasteiger partial charge on any atom is -0.286 e. The van der Waals surface area contributed by atoms with Crippen molar-refractivity contribution in [1.82, 2.24) is 4.98 Å². The molecule has 1 atom stereocenters. The lowest BCUT2D eigenvalue weighted by Gasteiger charge is -2.13. The fraction of sp³-hybridized carbons (Fsp3) is 0.400. The van der Waals surface area contributed by atoms with Crippen LogP contribution in [-0.2, 0) is 0 Å². The Balaban J connectivity index is 2.20. The zero-order valence-corrected chi connectivity index (χ0v) is 13.9. The summed E-state index contributed by atoms with van der Waals surface area (Å²) in [6.45, 7) is 4.51. The normalized spacial score (nSPS) is 13.1. The molecular formula is C20H26N2. The van der Waals surface area contributed by atoms with Crippen LogP contribution in [0.1, 0.15) is 62.4 Å². The van der Waals surface area contributed by atoms with Crippen LogP contribution in [0.3, 0.4) is 0 Å². The van der Waals surface area contributed by atoms with Crippen LogP contribution in [0.15, 0.2) is 53.5 Å². The lowest BCUT2D eigenvalue weighted by atomic mass is 9.98. The van der Waals surface area contributed by atoms with Gasteiger partial charge in [0.2, 0.25) is 0 Å². The average molecular weight is 294 g/mol. The molecule has 22 heavy (non-hydrogen) atoms. The molecule has 1 aromatic carbocycles. The molecule has 0 fully saturated rings. The molecule has 0 bridgehead atoms. The second-order valence-electron chi connectivity index (χ2n) is 5.78. The highest BCUT2D eigenvalue weighted by Crippen LogP contribution is 2.21. The number of hydrogen-bond acceptors (Lipinski definition) is 2. The number of pyridine rings is 1. The van der Waals surface area contributed by atoms with Crippen LogP contribution in [-0.4, -0.2) is 17.7 Å². The summed E-state index contributed by atoms with van der Waals surface area (Å²) in [7, 11) is 1.83. The lowest BCUT2D eigenvalue weighted by Crippen LogP contribution is -2.08. The van der Waals surface area contributed by atoms with Gasteiger partial charge in [-0.15, -0.1) is 0 Å². The highest BCUT2D eigenvalue weighted by atomic mass is 14.8. The minimum atomic E-state index is 0.500. The van der Waals surface area contributed by atoms with Crippen LogP contribution in [0.25, 0.3) is 0 Å². The van der Waals surface area contributed by atoms with E-state index in [0.29, 0.717) is 5.92 Å². The fourth-order valence-corrected chi connectivity index (χ4v) is 2.69. The summed E-state index contributed by atoms with van der Waals surface area (Å²) in [6.07, 6.45) is 5.04. The molecule has 0 aliphatic heterocycles. The maximum atomic E-state index is 4.87. The van der Waals surface area contributed by atoms with E-state index in [1.165, 1.54) is 31.4 Å². The van der Waals surface area contributed by atoms with Crippen LogP contribution in [0.5, 0.6) is 0 Å². The van der Waals surface area contributed by atoms with E-state index in [4.69, 9.17) is 4.98 Å². The number of aromatic nitrogens is 1. The van der Waals surface area contributed by atoms with E-state index in [2.05, 4.69) is 49.2 Å². The van der Waals surface area contributed by atoms with Crippen LogP contribution in [0.2, 0.25) is 0 Å².